The average Bonchev–Trinajstić information content (AvgIpc) is 2.64. The van der Waals surface area contributed by atoms with E-state index in [0.29, 0.717) is 45.5 Å². The summed E-state index contributed by atoms with van der Waals surface area (Å²) in [6, 6.07) is 8.33. The first kappa shape index (κ1) is 21.3. The minimum Gasteiger partial charge on any atom is -0.493 e. The van der Waals surface area contributed by atoms with E-state index in [1.54, 1.807) is 43.3 Å². The molecule has 0 spiro atoms. The summed E-state index contributed by atoms with van der Waals surface area (Å²) in [6.45, 7) is 4.28. The molecule has 0 aliphatic heterocycles. The molecule has 2 aromatic carbocycles. The summed E-state index contributed by atoms with van der Waals surface area (Å²) >= 11 is 6.27. The zero-order valence-corrected chi connectivity index (χ0v) is 16.8. The van der Waals surface area contributed by atoms with Gasteiger partial charge in [-0.3, -0.25) is 9.59 Å². The Kier molecular flexibility index (Phi) is 7.46. The van der Waals surface area contributed by atoms with Crippen molar-refractivity contribution in [2.45, 2.75) is 20.3 Å². The van der Waals surface area contributed by atoms with Crippen molar-refractivity contribution in [1.29, 1.82) is 0 Å². The van der Waals surface area contributed by atoms with Crippen molar-refractivity contribution in [2.24, 2.45) is 5.73 Å². The standard InChI is InChI=1S/C21H23ClN2O4/c1-4-9-28-20-17(22)11-14(12-18(20)27-3)5-8-19(25)24-15-6-7-16(21(23)26)13(2)10-15/h5-8,10-12H,4,9H2,1-3H3,(H2,23,26)(H,24,25)/b8-5+. The lowest BCUT2D eigenvalue weighted by Gasteiger charge is -2.12. The maximum absolute atomic E-state index is 12.2. The van der Waals surface area contributed by atoms with Gasteiger partial charge in [-0.25, -0.2) is 0 Å². The molecule has 0 aliphatic carbocycles. The van der Waals surface area contributed by atoms with E-state index in [-0.39, 0.29) is 5.91 Å². The number of carbonyl (C=O) groups is 2. The Morgan fingerprint density at radius 3 is 2.61 bits per heavy atom. The van der Waals surface area contributed by atoms with Crippen LogP contribution in [0.25, 0.3) is 6.08 Å². The van der Waals surface area contributed by atoms with Crippen LogP contribution in [0, 0.1) is 6.92 Å². The highest BCUT2D eigenvalue weighted by molar-refractivity contribution is 6.32. The highest BCUT2D eigenvalue weighted by Gasteiger charge is 2.11. The molecule has 2 aromatic rings. The fourth-order valence-corrected chi connectivity index (χ4v) is 2.83. The number of primary amides is 1. The summed E-state index contributed by atoms with van der Waals surface area (Å²) in [4.78, 5) is 23.5. The second kappa shape index (κ2) is 9.80. The average molecular weight is 403 g/mol. The van der Waals surface area contributed by atoms with Crippen LogP contribution in [-0.2, 0) is 4.79 Å². The van der Waals surface area contributed by atoms with Gasteiger partial charge in [-0.1, -0.05) is 18.5 Å². The third-order valence-electron chi connectivity index (χ3n) is 3.89. The monoisotopic (exact) mass is 402 g/mol. The van der Waals surface area contributed by atoms with Crippen LogP contribution in [0.15, 0.2) is 36.4 Å². The number of halogens is 1. The minimum atomic E-state index is -0.507. The maximum atomic E-state index is 12.2. The third kappa shape index (κ3) is 5.50. The van der Waals surface area contributed by atoms with Crippen molar-refractivity contribution in [3.05, 3.63) is 58.1 Å². The molecule has 0 heterocycles. The molecule has 28 heavy (non-hydrogen) atoms. The number of aryl methyl sites for hydroxylation is 1. The number of benzene rings is 2. The molecule has 0 saturated heterocycles. The second-order valence-electron chi connectivity index (χ2n) is 6.10. The number of rotatable bonds is 8. The number of carbonyl (C=O) groups excluding carboxylic acids is 2. The second-order valence-corrected chi connectivity index (χ2v) is 6.51. The fraction of sp³-hybridized carbons (Fsp3) is 0.238. The third-order valence-corrected chi connectivity index (χ3v) is 4.17. The number of methoxy groups -OCH3 is 1. The van der Waals surface area contributed by atoms with E-state index in [1.165, 1.54) is 13.2 Å². The van der Waals surface area contributed by atoms with E-state index in [9.17, 15) is 9.59 Å². The zero-order valence-electron chi connectivity index (χ0n) is 16.0. The topological polar surface area (TPSA) is 90.6 Å². The van der Waals surface area contributed by atoms with Gasteiger partial charge in [-0.05, 0) is 60.9 Å². The van der Waals surface area contributed by atoms with Crippen molar-refractivity contribution in [2.75, 3.05) is 19.0 Å². The molecule has 0 radical (unpaired) electrons. The lowest BCUT2D eigenvalue weighted by atomic mass is 10.1. The van der Waals surface area contributed by atoms with Crippen molar-refractivity contribution < 1.29 is 19.1 Å². The van der Waals surface area contributed by atoms with Gasteiger partial charge < -0.3 is 20.5 Å². The number of nitrogens with two attached hydrogens (primary N) is 1. The van der Waals surface area contributed by atoms with Crippen LogP contribution in [0.3, 0.4) is 0 Å². The van der Waals surface area contributed by atoms with Crippen LogP contribution in [0.2, 0.25) is 5.02 Å². The van der Waals surface area contributed by atoms with E-state index in [1.807, 2.05) is 6.92 Å². The van der Waals surface area contributed by atoms with E-state index in [2.05, 4.69) is 5.32 Å². The number of anilines is 1. The van der Waals surface area contributed by atoms with Crippen molar-refractivity contribution in [3.8, 4) is 11.5 Å². The molecule has 148 valence electrons. The Labute approximate surface area is 169 Å². The molecule has 0 aliphatic rings. The predicted octanol–water partition coefficient (Wildman–Crippen LogP) is 4.20. The van der Waals surface area contributed by atoms with Gasteiger partial charge in [-0.15, -0.1) is 0 Å². The molecular formula is C21H23ClN2O4. The van der Waals surface area contributed by atoms with Crippen LogP contribution in [-0.4, -0.2) is 25.5 Å². The Morgan fingerprint density at radius 1 is 1.25 bits per heavy atom. The van der Waals surface area contributed by atoms with Gasteiger partial charge in [0.1, 0.15) is 0 Å². The van der Waals surface area contributed by atoms with Gasteiger partial charge in [0.15, 0.2) is 11.5 Å². The Balaban J connectivity index is 2.12. The normalized spacial score (nSPS) is 10.7. The molecule has 0 bridgehead atoms. The number of hydrogen-bond acceptors (Lipinski definition) is 4. The Morgan fingerprint density at radius 2 is 2.00 bits per heavy atom. The van der Waals surface area contributed by atoms with Crippen LogP contribution in [0.1, 0.15) is 34.8 Å². The van der Waals surface area contributed by atoms with E-state index in [4.69, 9.17) is 26.8 Å². The highest BCUT2D eigenvalue weighted by Crippen LogP contribution is 2.36. The smallest absolute Gasteiger partial charge is 0.248 e. The number of ether oxygens (including phenoxy) is 2. The summed E-state index contributed by atoms with van der Waals surface area (Å²) in [7, 11) is 1.53. The molecule has 0 saturated carbocycles. The lowest BCUT2D eigenvalue weighted by molar-refractivity contribution is -0.111. The van der Waals surface area contributed by atoms with Crippen LogP contribution >= 0.6 is 11.6 Å². The SMILES string of the molecule is CCCOc1c(Cl)cc(/C=C/C(=O)Nc2ccc(C(N)=O)c(C)c2)cc1OC. The largest absolute Gasteiger partial charge is 0.493 e. The van der Waals surface area contributed by atoms with E-state index >= 15 is 0 Å². The van der Waals surface area contributed by atoms with Gasteiger partial charge >= 0.3 is 0 Å². The Hall–Kier alpha value is -2.99. The van der Waals surface area contributed by atoms with Gasteiger partial charge in [0.25, 0.3) is 0 Å². The number of nitrogens with one attached hydrogen (secondary N) is 1. The highest BCUT2D eigenvalue weighted by atomic mass is 35.5. The van der Waals surface area contributed by atoms with Gasteiger partial charge in [0.05, 0.1) is 18.7 Å². The van der Waals surface area contributed by atoms with Crippen LogP contribution in [0.4, 0.5) is 5.69 Å². The summed E-state index contributed by atoms with van der Waals surface area (Å²) in [6.07, 6.45) is 3.86. The van der Waals surface area contributed by atoms with E-state index < -0.39 is 5.91 Å². The van der Waals surface area contributed by atoms with Gasteiger partial charge in [0.2, 0.25) is 11.8 Å². The molecule has 6 nitrogen and oxygen atoms in total. The van der Waals surface area contributed by atoms with Gasteiger partial charge in [0, 0.05) is 17.3 Å². The first-order valence-corrected chi connectivity index (χ1v) is 9.13. The number of hydrogen-bond donors (Lipinski definition) is 2. The maximum Gasteiger partial charge on any atom is 0.248 e. The molecule has 0 aromatic heterocycles. The zero-order chi connectivity index (χ0) is 20.7. The summed E-state index contributed by atoms with van der Waals surface area (Å²) < 4.78 is 10.9. The quantitative estimate of drug-likeness (QED) is 0.647. The molecule has 0 unspecified atom stereocenters. The van der Waals surface area contributed by atoms with Crippen molar-refractivity contribution in [3.63, 3.8) is 0 Å². The molecule has 7 heteroatoms. The summed E-state index contributed by atoms with van der Waals surface area (Å²) in [5.74, 6) is 0.149. The molecule has 2 rings (SSSR count). The predicted molar refractivity (Wildman–Crippen MR) is 111 cm³/mol. The minimum absolute atomic E-state index is 0.326. The Bertz CT molecular complexity index is 910. The van der Waals surface area contributed by atoms with Crippen molar-refractivity contribution in [1.82, 2.24) is 0 Å². The van der Waals surface area contributed by atoms with Crippen LogP contribution in [0.5, 0.6) is 11.5 Å². The molecule has 0 fully saturated rings. The fourth-order valence-electron chi connectivity index (χ4n) is 2.55. The number of amides is 2. The van der Waals surface area contributed by atoms with Gasteiger partial charge in [-0.2, -0.15) is 0 Å². The van der Waals surface area contributed by atoms with E-state index in [0.717, 1.165) is 6.42 Å². The van der Waals surface area contributed by atoms with Crippen LogP contribution < -0.4 is 20.5 Å². The summed E-state index contributed by atoms with van der Waals surface area (Å²) in [5.41, 5.74) is 7.65. The first-order valence-electron chi connectivity index (χ1n) is 8.75. The first-order chi connectivity index (χ1) is 13.3. The van der Waals surface area contributed by atoms with Crippen molar-refractivity contribution >= 4 is 35.2 Å². The molecule has 3 N–H and O–H groups in total. The molecular weight excluding hydrogens is 380 g/mol. The molecule has 2 amide bonds. The summed E-state index contributed by atoms with van der Waals surface area (Å²) in [5, 5.41) is 3.14. The lowest BCUT2D eigenvalue weighted by Crippen LogP contribution is -2.13. The molecule has 0 atom stereocenters.